The minimum Gasteiger partial charge on any atom is -0.486 e. The molecule has 0 aliphatic carbocycles. The maximum atomic E-state index is 12.6. The van der Waals surface area contributed by atoms with Gasteiger partial charge in [-0.2, -0.15) is 0 Å². The molecule has 1 atom stereocenters. The molecule has 0 saturated heterocycles. The summed E-state index contributed by atoms with van der Waals surface area (Å²) < 4.78 is 5.72. The van der Waals surface area contributed by atoms with Crippen molar-refractivity contribution in [3.05, 3.63) is 42.2 Å². The minimum atomic E-state index is -0.715. The Kier molecular flexibility index (Phi) is 6.43. The van der Waals surface area contributed by atoms with Crippen LogP contribution in [0.1, 0.15) is 32.8 Å². The summed E-state index contributed by atoms with van der Waals surface area (Å²) in [5.74, 6) is 0.0934. The van der Waals surface area contributed by atoms with Crippen molar-refractivity contribution in [3.63, 3.8) is 0 Å². The van der Waals surface area contributed by atoms with Gasteiger partial charge in [-0.3, -0.25) is 4.79 Å². The third-order valence-electron chi connectivity index (χ3n) is 4.05. The Bertz CT molecular complexity index is 497. The van der Waals surface area contributed by atoms with Gasteiger partial charge in [0.25, 0.3) is 0 Å². The highest BCUT2D eigenvalue weighted by Gasteiger charge is 2.41. The highest BCUT2D eigenvalue weighted by Crippen LogP contribution is 2.33. The lowest BCUT2D eigenvalue weighted by atomic mass is 9.90. The number of hydrogen-bond acceptors (Lipinski definition) is 3. The first-order valence-electron chi connectivity index (χ1n) is 7.31. The molecule has 0 fully saturated rings. The standard InChI is InChI=1S/C17H23NO2.ClH/c1-4-18(5-2)12-11-17(3)16(19)15(13-20-17)14-9-7-6-8-10-14;/h6-10,13H,4-5,11-12H2,1-3H3;1H. The Morgan fingerprint density at radius 1 is 1.14 bits per heavy atom. The fourth-order valence-corrected chi connectivity index (χ4v) is 2.48. The van der Waals surface area contributed by atoms with Crippen molar-refractivity contribution in [1.29, 1.82) is 0 Å². The molecule has 21 heavy (non-hydrogen) atoms. The van der Waals surface area contributed by atoms with Crippen LogP contribution in [0.2, 0.25) is 0 Å². The van der Waals surface area contributed by atoms with Crippen LogP contribution in [0.5, 0.6) is 0 Å². The van der Waals surface area contributed by atoms with Gasteiger partial charge in [-0.05, 0) is 25.6 Å². The van der Waals surface area contributed by atoms with E-state index in [2.05, 4.69) is 18.7 Å². The van der Waals surface area contributed by atoms with Crippen LogP contribution in [-0.4, -0.2) is 35.9 Å². The van der Waals surface area contributed by atoms with Crippen molar-refractivity contribution >= 4 is 23.8 Å². The summed E-state index contributed by atoms with van der Waals surface area (Å²) in [4.78, 5) is 14.9. The molecule has 0 spiro atoms. The van der Waals surface area contributed by atoms with Crippen molar-refractivity contribution in [2.75, 3.05) is 19.6 Å². The zero-order chi connectivity index (χ0) is 14.6. The molecular weight excluding hydrogens is 286 g/mol. The van der Waals surface area contributed by atoms with Crippen LogP contribution >= 0.6 is 12.4 Å². The number of halogens is 1. The molecule has 1 heterocycles. The van der Waals surface area contributed by atoms with Gasteiger partial charge in [-0.15, -0.1) is 12.4 Å². The maximum absolute atomic E-state index is 12.6. The van der Waals surface area contributed by atoms with Gasteiger partial charge in [-0.25, -0.2) is 0 Å². The molecule has 3 nitrogen and oxygen atoms in total. The molecule has 116 valence electrons. The predicted molar refractivity (Wildman–Crippen MR) is 88.6 cm³/mol. The first-order chi connectivity index (χ1) is 9.60. The fourth-order valence-electron chi connectivity index (χ4n) is 2.48. The number of carbonyl (C=O) groups is 1. The van der Waals surface area contributed by atoms with Crippen LogP contribution in [-0.2, 0) is 9.53 Å². The molecule has 0 N–H and O–H groups in total. The number of nitrogens with zero attached hydrogens (tertiary/aromatic N) is 1. The van der Waals surface area contributed by atoms with E-state index in [0.29, 0.717) is 5.57 Å². The van der Waals surface area contributed by atoms with Gasteiger partial charge in [0.05, 0.1) is 11.8 Å². The third kappa shape index (κ3) is 3.86. The van der Waals surface area contributed by atoms with Gasteiger partial charge in [0.2, 0.25) is 5.78 Å². The molecule has 4 heteroatoms. The molecule has 1 aliphatic rings. The summed E-state index contributed by atoms with van der Waals surface area (Å²) in [6, 6.07) is 9.72. The van der Waals surface area contributed by atoms with Gasteiger partial charge in [-0.1, -0.05) is 44.2 Å². The zero-order valence-electron chi connectivity index (χ0n) is 13.0. The quantitative estimate of drug-likeness (QED) is 0.805. The highest BCUT2D eigenvalue weighted by molar-refractivity contribution is 6.25. The van der Waals surface area contributed by atoms with Crippen LogP contribution < -0.4 is 0 Å². The monoisotopic (exact) mass is 309 g/mol. The predicted octanol–water partition coefficient (Wildman–Crippen LogP) is 3.54. The second kappa shape index (κ2) is 7.62. The van der Waals surface area contributed by atoms with Crippen LogP contribution in [0.15, 0.2) is 36.6 Å². The first-order valence-corrected chi connectivity index (χ1v) is 7.31. The summed E-state index contributed by atoms with van der Waals surface area (Å²) in [5, 5.41) is 0. The molecule has 1 aliphatic heterocycles. The smallest absolute Gasteiger partial charge is 0.209 e. The summed E-state index contributed by atoms with van der Waals surface area (Å²) in [6.45, 7) is 9.05. The Morgan fingerprint density at radius 3 is 2.33 bits per heavy atom. The normalized spacial score (nSPS) is 21.0. The highest BCUT2D eigenvalue weighted by atomic mass is 35.5. The number of hydrogen-bond donors (Lipinski definition) is 0. The van der Waals surface area contributed by atoms with Gasteiger partial charge < -0.3 is 9.64 Å². The molecule has 1 aromatic carbocycles. The van der Waals surface area contributed by atoms with E-state index < -0.39 is 5.60 Å². The molecule has 0 radical (unpaired) electrons. The number of ether oxygens (including phenoxy) is 1. The van der Waals surface area contributed by atoms with Gasteiger partial charge in [0.1, 0.15) is 0 Å². The van der Waals surface area contributed by atoms with Crippen molar-refractivity contribution in [3.8, 4) is 0 Å². The molecule has 0 bridgehead atoms. The van der Waals surface area contributed by atoms with E-state index in [4.69, 9.17) is 4.74 Å². The van der Waals surface area contributed by atoms with E-state index in [0.717, 1.165) is 31.6 Å². The van der Waals surface area contributed by atoms with Crippen LogP contribution in [0.3, 0.4) is 0 Å². The van der Waals surface area contributed by atoms with E-state index in [1.807, 2.05) is 37.3 Å². The lowest BCUT2D eigenvalue weighted by Crippen LogP contribution is -2.38. The molecule has 0 amide bonds. The average molecular weight is 310 g/mol. The Morgan fingerprint density at radius 2 is 1.76 bits per heavy atom. The van der Waals surface area contributed by atoms with E-state index in [1.165, 1.54) is 0 Å². The van der Waals surface area contributed by atoms with Crippen molar-refractivity contribution < 1.29 is 9.53 Å². The number of benzene rings is 1. The molecule has 1 unspecified atom stereocenters. The second-order valence-electron chi connectivity index (χ2n) is 5.35. The summed E-state index contributed by atoms with van der Waals surface area (Å²) in [5.41, 5.74) is 0.907. The number of rotatable bonds is 6. The number of ketones is 1. The van der Waals surface area contributed by atoms with Crippen molar-refractivity contribution in [2.45, 2.75) is 32.8 Å². The molecule has 1 aromatic rings. The Balaban J connectivity index is 0.00000220. The lowest BCUT2D eigenvalue weighted by Gasteiger charge is -2.26. The minimum absolute atomic E-state index is 0. The average Bonchev–Trinajstić information content (AvgIpc) is 2.78. The molecule has 0 saturated carbocycles. The summed E-state index contributed by atoms with van der Waals surface area (Å²) in [6.07, 6.45) is 2.35. The molecule has 0 aromatic heterocycles. The van der Waals surface area contributed by atoms with Crippen molar-refractivity contribution in [2.24, 2.45) is 0 Å². The van der Waals surface area contributed by atoms with Crippen LogP contribution in [0.4, 0.5) is 0 Å². The van der Waals surface area contributed by atoms with Crippen LogP contribution in [0.25, 0.3) is 5.57 Å². The van der Waals surface area contributed by atoms with E-state index in [-0.39, 0.29) is 18.2 Å². The maximum Gasteiger partial charge on any atom is 0.209 e. The largest absolute Gasteiger partial charge is 0.486 e. The van der Waals surface area contributed by atoms with Crippen molar-refractivity contribution in [1.82, 2.24) is 4.90 Å². The van der Waals surface area contributed by atoms with Gasteiger partial charge in [0.15, 0.2) is 5.60 Å². The lowest BCUT2D eigenvalue weighted by molar-refractivity contribution is -0.128. The SMILES string of the molecule is CCN(CC)CCC1(C)OC=C(c2ccccc2)C1=O.Cl. The Labute approximate surface area is 133 Å². The van der Waals surface area contributed by atoms with Crippen LogP contribution in [0, 0.1) is 0 Å². The second-order valence-corrected chi connectivity index (χ2v) is 5.35. The van der Waals surface area contributed by atoms with Gasteiger partial charge >= 0.3 is 0 Å². The number of carbonyl (C=O) groups excluding carboxylic acids is 1. The summed E-state index contributed by atoms with van der Waals surface area (Å²) in [7, 11) is 0. The van der Waals surface area contributed by atoms with E-state index >= 15 is 0 Å². The zero-order valence-corrected chi connectivity index (χ0v) is 13.8. The first kappa shape index (κ1) is 17.7. The fraction of sp³-hybridized carbons (Fsp3) is 0.471. The third-order valence-corrected chi connectivity index (χ3v) is 4.05. The van der Waals surface area contributed by atoms with E-state index in [1.54, 1.807) is 6.26 Å². The molecular formula is C17H24ClNO2. The number of Topliss-reactive ketones (excluding diaryl/α,β-unsaturated/α-hetero) is 1. The van der Waals surface area contributed by atoms with Gasteiger partial charge in [0, 0.05) is 13.0 Å². The summed E-state index contributed by atoms with van der Waals surface area (Å²) >= 11 is 0. The topological polar surface area (TPSA) is 29.5 Å². The Hall–Kier alpha value is -1.32. The molecule has 2 rings (SSSR count). The van der Waals surface area contributed by atoms with E-state index in [9.17, 15) is 4.79 Å².